The summed E-state index contributed by atoms with van der Waals surface area (Å²) in [4.78, 5) is 16.7. The van der Waals surface area contributed by atoms with Gasteiger partial charge in [-0.2, -0.15) is 0 Å². The van der Waals surface area contributed by atoms with Gasteiger partial charge < -0.3 is 14.8 Å². The molecular weight excluding hydrogens is 372 g/mol. The standard InChI is InChI=1S/C22H18N2O3S/c1-15(21(25)23-16-7-3-2-4-8-16)26-17-11-13-18(14-12-17)27-22-24-19-9-5-6-10-20(19)28-22/h2-15H,1H3,(H,23,25). The van der Waals surface area contributed by atoms with Crippen molar-refractivity contribution < 1.29 is 14.3 Å². The molecule has 4 rings (SSSR count). The lowest BCUT2D eigenvalue weighted by Crippen LogP contribution is -2.30. The lowest BCUT2D eigenvalue weighted by Gasteiger charge is -2.15. The Hall–Kier alpha value is -3.38. The van der Waals surface area contributed by atoms with Gasteiger partial charge in [-0.3, -0.25) is 4.79 Å². The number of nitrogens with zero attached hydrogens (tertiary/aromatic N) is 1. The highest BCUT2D eigenvalue weighted by molar-refractivity contribution is 7.20. The van der Waals surface area contributed by atoms with Crippen molar-refractivity contribution in [1.82, 2.24) is 4.98 Å². The van der Waals surface area contributed by atoms with E-state index in [-0.39, 0.29) is 5.91 Å². The van der Waals surface area contributed by atoms with Crippen molar-refractivity contribution in [2.24, 2.45) is 0 Å². The highest BCUT2D eigenvalue weighted by Crippen LogP contribution is 2.31. The van der Waals surface area contributed by atoms with Crippen LogP contribution in [0.25, 0.3) is 10.2 Å². The van der Waals surface area contributed by atoms with Crippen LogP contribution in [0.5, 0.6) is 16.7 Å². The fraction of sp³-hybridized carbons (Fsp3) is 0.0909. The van der Waals surface area contributed by atoms with Gasteiger partial charge in [0, 0.05) is 5.69 Å². The van der Waals surface area contributed by atoms with Crippen LogP contribution in [0.3, 0.4) is 0 Å². The number of aromatic nitrogens is 1. The number of hydrogen-bond donors (Lipinski definition) is 1. The number of benzene rings is 3. The number of nitrogens with one attached hydrogen (secondary N) is 1. The normalized spacial score (nSPS) is 11.8. The number of amides is 1. The lowest BCUT2D eigenvalue weighted by molar-refractivity contribution is -0.122. The summed E-state index contributed by atoms with van der Waals surface area (Å²) >= 11 is 1.49. The summed E-state index contributed by atoms with van der Waals surface area (Å²) in [5.74, 6) is 1.04. The number of fused-ring (bicyclic) bond motifs is 1. The highest BCUT2D eigenvalue weighted by atomic mass is 32.1. The van der Waals surface area contributed by atoms with Crippen LogP contribution in [0, 0.1) is 0 Å². The molecule has 6 heteroatoms. The number of thiazole rings is 1. The fourth-order valence-corrected chi connectivity index (χ4v) is 3.44. The van der Waals surface area contributed by atoms with E-state index in [2.05, 4.69) is 10.3 Å². The van der Waals surface area contributed by atoms with Crippen LogP contribution < -0.4 is 14.8 Å². The van der Waals surface area contributed by atoms with Crippen LogP contribution in [-0.2, 0) is 4.79 Å². The van der Waals surface area contributed by atoms with Crippen LogP contribution in [-0.4, -0.2) is 17.0 Å². The summed E-state index contributed by atoms with van der Waals surface area (Å²) in [6.45, 7) is 1.71. The van der Waals surface area contributed by atoms with Gasteiger partial charge in [0.1, 0.15) is 11.5 Å². The molecule has 5 nitrogen and oxygen atoms in total. The second-order valence-electron chi connectivity index (χ2n) is 6.14. The van der Waals surface area contributed by atoms with Gasteiger partial charge in [-0.25, -0.2) is 4.98 Å². The first-order valence-corrected chi connectivity index (χ1v) is 9.65. The average Bonchev–Trinajstić information content (AvgIpc) is 3.12. The van der Waals surface area contributed by atoms with E-state index in [1.54, 1.807) is 31.2 Å². The minimum atomic E-state index is -0.628. The molecule has 0 bridgehead atoms. The molecule has 0 saturated carbocycles. The Morgan fingerprint density at radius 2 is 1.61 bits per heavy atom. The molecule has 140 valence electrons. The SMILES string of the molecule is CC(Oc1ccc(Oc2nc3ccccc3s2)cc1)C(=O)Nc1ccccc1. The predicted molar refractivity (Wildman–Crippen MR) is 111 cm³/mol. The largest absolute Gasteiger partial charge is 0.481 e. The molecule has 1 amide bonds. The van der Waals surface area contributed by atoms with E-state index in [0.717, 1.165) is 15.9 Å². The molecule has 0 radical (unpaired) electrons. The Morgan fingerprint density at radius 1 is 0.929 bits per heavy atom. The molecular formula is C22H18N2O3S. The molecule has 0 aliphatic heterocycles. The van der Waals surface area contributed by atoms with E-state index in [4.69, 9.17) is 9.47 Å². The van der Waals surface area contributed by atoms with Crippen LogP contribution >= 0.6 is 11.3 Å². The second kappa shape index (κ2) is 8.10. The molecule has 1 unspecified atom stereocenters. The third-order valence-corrected chi connectivity index (χ3v) is 4.94. The van der Waals surface area contributed by atoms with Gasteiger partial charge in [0.15, 0.2) is 6.10 Å². The van der Waals surface area contributed by atoms with E-state index in [1.165, 1.54) is 11.3 Å². The van der Waals surface area contributed by atoms with E-state index >= 15 is 0 Å². The van der Waals surface area contributed by atoms with E-state index in [0.29, 0.717) is 16.7 Å². The summed E-state index contributed by atoms with van der Waals surface area (Å²) in [7, 11) is 0. The van der Waals surface area contributed by atoms with Crippen LogP contribution in [0.1, 0.15) is 6.92 Å². The predicted octanol–water partition coefficient (Wildman–Crippen LogP) is 5.49. The summed E-state index contributed by atoms with van der Waals surface area (Å²) in [6, 6.07) is 24.3. The summed E-state index contributed by atoms with van der Waals surface area (Å²) < 4.78 is 12.6. The van der Waals surface area contributed by atoms with Gasteiger partial charge in [-0.15, -0.1) is 0 Å². The molecule has 0 aliphatic rings. The number of anilines is 1. The molecule has 0 aliphatic carbocycles. The molecule has 28 heavy (non-hydrogen) atoms. The second-order valence-corrected chi connectivity index (χ2v) is 7.13. The van der Waals surface area contributed by atoms with E-state index in [1.807, 2.05) is 54.6 Å². The minimum absolute atomic E-state index is 0.207. The number of hydrogen-bond acceptors (Lipinski definition) is 5. The van der Waals surface area contributed by atoms with Gasteiger partial charge in [0.05, 0.1) is 10.2 Å². The van der Waals surface area contributed by atoms with Gasteiger partial charge in [-0.05, 0) is 55.5 Å². The summed E-state index contributed by atoms with van der Waals surface area (Å²) in [6.07, 6.45) is -0.628. The van der Waals surface area contributed by atoms with Crippen molar-refractivity contribution in [3.63, 3.8) is 0 Å². The molecule has 0 fully saturated rings. The summed E-state index contributed by atoms with van der Waals surface area (Å²) in [5.41, 5.74) is 1.66. The Morgan fingerprint density at radius 3 is 2.36 bits per heavy atom. The molecule has 1 atom stereocenters. The molecule has 3 aromatic carbocycles. The Kier molecular flexibility index (Phi) is 5.21. The van der Waals surface area contributed by atoms with E-state index in [9.17, 15) is 4.79 Å². The van der Waals surface area contributed by atoms with Crippen molar-refractivity contribution in [3.8, 4) is 16.7 Å². The Balaban J connectivity index is 1.36. The maximum absolute atomic E-state index is 12.2. The average molecular weight is 390 g/mol. The van der Waals surface area contributed by atoms with Crippen molar-refractivity contribution in [1.29, 1.82) is 0 Å². The molecule has 0 spiro atoms. The first kappa shape index (κ1) is 18.0. The van der Waals surface area contributed by atoms with Crippen molar-refractivity contribution in [2.75, 3.05) is 5.32 Å². The monoisotopic (exact) mass is 390 g/mol. The number of carbonyl (C=O) groups is 1. The number of carbonyl (C=O) groups excluding carboxylic acids is 1. The molecule has 1 heterocycles. The topological polar surface area (TPSA) is 60.5 Å². The Labute approximate surface area is 166 Å². The quantitative estimate of drug-likeness (QED) is 0.473. The third kappa shape index (κ3) is 4.29. The van der Waals surface area contributed by atoms with E-state index < -0.39 is 6.10 Å². The lowest BCUT2D eigenvalue weighted by atomic mass is 10.3. The van der Waals surface area contributed by atoms with Crippen molar-refractivity contribution in [3.05, 3.63) is 78.9 Å². The summed E-state index contributed by atoms with van der Waals surface area (Å²) in [5, 5.41) is 3.41. The zero-order chi connectivity index (χ0) is 19.3. The van der Waals surface area contributed by atoms with Gasteiger partial charge in [0.2, 0.25) is 0 Å². The first-order chi connectivity index (χ1) is 13.7. The zero-order valence-corrected chi connectivity index (χ0v) is 16.0. The number of para-hydroxylation sites is 2. The maximum atomic E-state index is 12.2. The smallest absolute Gasteiger partial charge is 0.279 e. The molecule has 1 N–H and O–H groups in total. The zero-order valence-electron chi connectivity index (χ0n) is 15.2. The fourth-order valence-electron chi connectivity index (χ4n) is 2.60. The number of ether oxygens (including phenoxy) is 2. The maximum Gasteiger partial charge on any atom is 0.279 e. The van der Waals surface area contributed by atoms with Gasteiger partial charge in [-0.1, -0.05) is 41.7 Å². The molecule has 4 aromatic rings. The van der Waals surface area contributed by atoms with Gasteiger partial charge >= 0.3 is 0 Å². The Bertz CT molecular complexity index is 1040. The van der Waals surface area contributed by atoms with Crippen molar-refractivity contribution >= 4 is 33.1 Å². The first-order valence-electron chi connectivity index (χ1n) is 8.83. The minimum Gasteiger partial charge on any atom is -0.481 e. The highest BCUT2D eigenvalue weighted by Gasteiger charge is 2.15. The molecule has 0 saturated heterocycles. The van der Waals surface area contributed by atoms with Crippen LogP contribution in [0.4, 0.5) is 5.69 Å². The molecule has 1 aromatic heterocycles. The van der Waals surface area contributed by atoms with Gasteiger partial charge in [0.25, 0.3) is 11.1 Å². The number of rotatable bonds is 6. The van der Waals surface area contributed by atoms with Crippen LogP contribution in [0.15, 0.2) is 78.9 Å². The van der Waals surface area contributed by atoms with Crippen molar-refractivity contribution in [2.45, 2.75) is 13.0 Å². The van der Waals surface area contributed by atoms with Crippen LogP contribution in [0.2, 0.25) is 0 Å². The third-order valence-electron chi connectivity index (χ3n) is 4.03.